The van der Waals surface area contributed by atoms with E-state index in [1.165, 1.54) is 24.3 Å². The molecule has 1 aromatic heterocycles. The summed E-state index contributed by atoms with van der Waals surface area (Å²) in [5.74, 6) is 3.18. The summed E-state index contributed by atoms with van der Waals surface area (Å²) >= 11 is 0. The average molecular weight is 433 g/mol. The fourth-order valence-corrected chi connectivity index (χ4v) is 2.89. The van der Waals surface area contributed by atoms with Gasteiger partial charge in [-0.15, -0.1) is 13.2 Å². The van der Waals surface area contributed by atoms with Crippen molar-refractivity contribution in [3.05, 3.63) is 53.9 Å². The summed E-state index contributed by atoms with van der Waals surface area (Å²) < 4.78 is 41.0. The van der Waals surface area contributed by atoms with Gasteiger partial charge in [-0.05, 0) is 55.4 Å². The van der Waals surface area contributed by atoms with Gasteiger partial charge >= 0.3 is 6.36 Å². The predicted octanol–water partition coefficient (Wildman–Crippen LogP) is 4.26. The first-order valence-electron chi connectivity index (χ1n) is 9.68. The lowest BCUT2D eigenvalue weighted by Crippen LogP contribution is -2.27. The maximum atomic E-state index is 12.4. The molecule has 0 amide bonds. The number of aromatic nitrogens is 1. The number of benzene rings is 1. The third kappa shape index (κ3) is 7.20. The molecule has 0 aliphatic carbocycles. The number of ether oxygens (including phenoxy) is 1. The Kier molecular flexibility index (Phi) is 8.73. The SMILES string of the molecule is CCC#CN/C=C(\C)c1ccnc(Nc2ccc(OC(F)(F)F)cc2)c1C(CN)NC. The van der Waals surface area contributed by atoms with Crippen molar-refractivity contribution in [2.45, 2.75) is 32.7 Å². The highest BCUT2D eigenvalue weighted by Crippen LogP contribution is 2.32. The van der Waals surface area contributed by atoms with Crippen molar-refractivity contribution in [1.82, 2.24) is 15.6 Å². The Morgan fingerprint density at radius 1 is 1.26 bits per heavy atom. The number of likely N-dealkylation sites (N-methyl/N-ethyl adjacent to an activating group) is 1. The van der Waals surface area contributed by atoms with Crippen LogP contribution in [-0.4, -0.2) is 24.9 Å². The lowest BCUT2D eigenvalue weighted by atomic mass is 9.96. The topological polar surface area (TPSA) is 84.2 Å². The highest BCUT2D eigenvalue weighted by atomic mass is 19.4. The molecule has 1 aromatic carbocycles. The van der Waals surface area contributed by atoms with Crippen LogP contribution < -0.4 is 26.4 Å². The van der Waals surface area contributed by atoms with Crippen LogP contribution in [-0.2, 0) is 0 Å². The second-order valence-electron chi connectivity index (χ2n) is 6.52. The van der Waals surface area contributed by atoms with E-state index < -0.39 is 6.36 Å². The van der Waals surface area contributed by atoms with Crippen molar-refractivity contribution in [3.63, 3.8) is 0 Å². The minimum atomic E-state index is -4.74. The molecule has 0 aliphatic rings. The summed E-state index contributed by atoms with van der Waals surface area (Å²) in [6.07, 6.45) is -0.535. The van der Waals surface area contributed by atoms with Gasteiger partial charge in [0.05, 0.1) is 0 Å². The van der Waals surface area contributed by atoms with Gasteiger partial charge in [0.25, 0.3) is 0 Å². The zero-order chi connectivity index (χ0) is 22.9. The van der Waals surface area contributed by atoms with Gasteiger partial charge in [-0.1, -0.05) is 12.8 Å². The standard InChI is InChI=1S/C22H26F3N5O/c1-4-5-11-28-14-15(2)18-10-12-29-21(20(18)19(13-26)27-3)30-16-6-8-17(9-7-16)31-22(23,24)25/h6-10,12,14,19,27-28H,4,13,26H2,1-3H3,(H,29,30)/b15-14+. The summed E-state index contributed by atoms with van der Waals surface area (Å²) in [7, 11) is 1.80. The van der Waals surface area contributed by atoms with Crippen LogP contribution in [0.4, 0.5) is 24.7 Å². The van der Waals surface area contributed by atoms with Crippen LogP contribution in [0.5, 0.6) is 5.75 Å². The first-order valence-corrected chi connectivity index (χ1v) is 9.68. The normalized spacial score (nSPS) is 12.5. The number of nitrogens with two attached hydrogens (primary N) is 1. The first kappa shape index (κ1) is 24.1. The molecule has 0 saturated heterocycles. The molecular formula is C22H26F3N5O. The van der Waals surface area contributed by atoms with Crippen molar-refractivity contribution in [2.75, 3.05) is 18.9 Å². The van der Waals surface area contributed by atoms with Crippen molar-refractivity contribution in [1.29, 1.82) is 0 Å². The van der Waals surface area contributed by atoms with E-state index >= 15 is 0 Å². The molecule has 9 heteroatoms. The molecule has 2 rings (SSSR count). The van der Waals surface area contributed by atoms with Crippen molar-refractivity contribution < 1.29 is 17.9 Å². The molecule has 0 bridgehead atoms. The quantitative estimate of drug-likeness (QED) is 0.368. The molecule has 2 aromatic rings. The van der Waals surface area contributed by atoms with Crippen molar-refractivity contribution >= 4 is 17.1 Å². The van der Waals surface area contributed by atoms with Crippen LogP contribution in [0.15, 0.2) is 42.7 Å². The first-order chi connectivity index (χ1) is 14.8. The number of rotatable bonds is 8. The van der Waals surface area contributed by atoms with Crippen molar-refractivity contribution in [2.24, 2.45) is 5.73 Å². The number of hydrogen-bond acceptors (Lipinski definition) is 6. The Morgan fingerprint density at radius 2 is 1.97 bits per heavy atom. The van der Waals surface area contributed by atoms with Crippen LogP contribution in [0.2, 0.25) is 0 Å². The van der Waals surface area contributed by atoms with E-state index in [4.69, 9.17) is 5.73 Å². The van der Waals surface area contributed by atoms with Gasteiger partial charge in [-0.2, -0.15) is 0 Å². The van der Waals surface area contributed by atoms with Crippen molar-refractivity contribution in [3.8, 4) is 17.7 Å². The van der Waals surface area contributed by atoms with E-state index in [0.29, 0.717) is 18.1 Å². The molecule has 6 nitrogen and oxygen atoms in total. The fourth-order valence-electron chi connectivity index (χ4n) is 2.89. The molecule has 1 atom stereocenters. The van der Waals surface area contributed by atoms with Crippen LogP contribution in [0, 0.1) is 12.0 Å². The summed E-state index contributed by atoms with van der Waals surface area (Å²) in [5, 5.41) is 9.30. The lowest BCUT2D eigenvalue weighted by molar-refractivity contribution is -0.274. The third-order valence-electron chi connectivity index (χ3n) is 4.32. The van der Waals surface area contributed by atoms with E-state index in [1.807, 2.05) is 19.9 Å². The van der Waals surface area contributed by atoms with Crippen LogP contribution >= 0.6 is 0 Å². The van der Waals surface area contributed by atoms with Gasteiger partial charge in [0.15, 0.2) is 0 Å². The highest BCUT2D eigenvalue weighted by Gasteiger charge is 2.31. The monoisotopic (exact) mass is 433 g/mol. The van der Waals surface area contributed by atoms with Gasteiger partial charge in [0.2, 0.25) is 0 Å². The molecule has 0 aliphatic heterocycles. The predicted molar refractivity (Wildman–Crippen MR) is 116 cm³/mol. The number of nitrogens with one attached hydrogen (secondary N) is 3. The molecular weight excluding hydrogens is 407 g/mol. The van der Waals surface area contributed by atoms with Crippen LogP contribution in [0.25, 0.3) is 5.57 Å². The number of nitrogens with zero attached hydrogens (tertiary/aromatic N) is 1. The van der Waals surface area contributed by atoms with Gasteiger partial charge in [-0.3, -0.25) is 0 Å². The van der Waals surface area contributed by atoms with Crippen LogP contribution in [0.3, 0.4) is 0 Å². The molecule has 0 spiro atoms. The van der Waals surface area contributed by atoms with Gasteiger partial charge in [-0.25, -0.2) is 4.98 Å². The Hall–Kier alpha value is -3.22. The van der Waals surface area contributed by atoms with E-state index in [1.54, 1.807) is 19.4 Å². The maximum absolute atomic E-state index is 12.4. The Labute approximate surface area is 180 Å². The second kappa shape index (κ2) is 11.2. The number of hydrogen-bond donors (Lipinski definition) is 4. The van der Waals surface area contributed by atoms with Gasteiger partial charge < -0.3 is 26.4 Å². The summed E-state index contributed by atoms with van der Waals surface area (Å²) in [6.45, 7) is 4.22. The summed E-state index contributed by atoms with van der Waals surface area (Å²) in [5.41, 5.74) is 9.19. The van der Waals surface area contributed by atoms with E-state index in [9.17, 15) is 13.2 Å². The molecule has 31 heavy (non-hydrogen) atoms. The summed E-state index contributed by atoms with van der Waals surface area (Å²) in [6, 6.07) is 9.96. The summed E-state index contributed by atoms with van der Waals surface area (Å²) in [4.78, 5) is 4.43. The average Bonchev–Trinajstić information content (AvgIpc) is 2.73. The second-order valence-corrected chi connectivity index (χ2v) is 6.52. The van der Waals surface area contributed by atoms with Gasteiger partial charge in [0.1, 0.15) is 11.6 Å². The molecule has 1 unspecified atom stereocenters. The number of alkyl halides is 3. The molecule has 1 heterocycles. The molecule has 0 radical (unpaired) electrons. The number of allylic oxidation sites excluding steroid dienone is 1. The minimum absolute atomic E-state index is 0.205. The molecule has 0 fully saturated rings. The molecule has 0 saturated carbocycles. The Balaban J connectivity index is 2.38. The third-order valence-corrected chi connectivity index (χ3v) is 4.32. The zero-order valence-electron chi connectivity index (χ0n) is 17.6. The Morgan fingerprint density at radius 3 is 2.55 bits per heavy atom. The fraction of sp³-hybridized carbons (Fsp3) is 0.318. The number of anilines is 2. The van der Waals surface area contributed by atoms with E-state index in [2.05, 4.69) is 37.6 Å². The minimum Gasteiger partial charge on any atom is -0.406 e. The van der Waals surface area contributed by atoms with E-state index in [0.717, 1.165) is 23.1 Å². The maximum Gasteiger partial charge on any atom is 0.573 e. The smallest absolute Gasteiger partial charge is 0.406 e. The zero-order valence-corrected chi connectivity index (χ0v) is 17.6. The number of pyridine rings is 1. The Bertz CT molecular complexity index is 942. The van der Waals surface area contributed by atoms with Crippen LogP contribution in [0.1, 0.15) is 37.4 Å². The lowest BCUT2D eigenvalue weighted by Gasteiger charge is -2.22. The number of halogens is 3. The van der Waals surface area contributed by atoms with Gasteiger partial charge in [0, 0.05) is 48.7 Å². The molecule has 166 valence electrons. The largest absolute Gasteiger partial charge is 0.573 e. The molecule has 5 N–H and O–H groups in total. The highest BCUT2D eigenvalue weighted by molar-refractivity contribution is 5.73. The van der Waals surface area contributed by atoms with E-state index in [-0.39, 0.29) is 11.8 Å².